The first-order valence-corrected chi connectivity index (χ1v) is 13.2. The second-order valence-corrected chi connectivity index (χ2v) is 10.4. The molecule has 0 fully saturated rings. The molecule has 0 aliphatic carbocycles. The minimum Gasteiger partial charge on any atom is -0.493 e. The lowest BCUT2D eigenvalue weighted by Gasteiger charge is -2.14. The summed E-state index contributed by atoms with van der Waals surface area (Å²) in [6.07, 6.45) is 0. The van der Waals surface area contributed by atoms with Crippen molar-refractivity contribution in [2.24, 2.45) is 0 Å². The van der Waals surface area contributed by atoms with Crippen LogP contribution >= 0.6 is 22.7 Å². The van der Waals surface area contributed by atoms with Crippen LogP contribution < -0.4 is 50.5 Å². The predicted molar refractivity (Wildman–Crippen MR) is 157 cm³/mol. The fourth-order valence-electron chi connectivity index (χ4n) is 4.03. The Morgan fingerprint density at radius 3 is 1.18 bits per heavy atom. The van der Waals surface area contributed by atoms with E-state index in [0.29, 0.717) is 55.3 Å². The molecule has 4 rings (SSSR count). The van der Waals surface area contributed by atoms with Gasteiger partial charge in [0.2, 0.25) is 11.5 Å². The van der Waals surface area contributed by atoms with Crippen LogP contribution in [0, 0.1) is 0 Å². The van der Waals surface area contributed by atoms with Gasteiger partial charge >= 0.3 is 0 Å². The molecule has 2 aromatic carbocycles. The van der Waals surface area contributed by atoms with Crippen LogP contribution in [-0.4, -0.2) is 54.5 Å². The number of nitrogens with one attached hydrogen (secondary N) is 2. The molecule has 0 saturated heterocycles. The number of methoxy groups -OCH3 is 6. The van der Waals surface area contributed by atoms with Crippen molar-refractivity contribution >= 4 is 66.6 Å². The Balaban J connectivity index is 1.61. The van der Waals surface area contributed by atoms with E-state index in [-0.39, 0.29) is 21.1 Å². The van der Waals surface area contributed by atoms with Gasteiger partial charge in [0.1, 0.15) is 9.75 Å². The maximum atomic E-state index is 13.2. The minimum atomic E-state index is -0.456. The van der Waals surface area contributed by atoms with Gasteiger partial charge in [-0.3, -0.25) is 9.59 Å². The summed E-state index contributed by atoms with van der Waals surface area (Å²) in [6.45, 7) is 0. The summed E-state index contributed by atoms with van der Waals surface area (Å²) in [5.41, 5.74) is 13.9. The van der Waals surface area contributed by atoms with Crippen LogP contribution in [0.4, 0.5) is 22.7 Å². The minimum absolute atomic E-state index is 0.172. The third kappa shape index (κ3) is 5.05. The first-order chi connectivity index (χ1) is 19.2. The van der Waals surface area contributed by atoms with Crippen molar-refractivity contribution in [3.8, 4) is 34.5 Å². The zero-order chi connectivity index (χ0) is 29.1. The number of carbonyl (C=O) groups excluding carboxylic acids is 2. The smallest absolute Gasteiger partial charge is 0.267 e. The number of nitrogen functional groups attached to an aromatic ring is 2. The van der Waals surface area contributed by atoms with Crippen molar-refractivity contribution in [2.75, 3.05) is 64.8 Å². The van der Waals surface area contributed by atoms with Crippen molar-refractivity contribution in [1.82, 2.24) is 0 Å². The lowest BCUT2D eigenvalue weighted by molar-refractivity contribution is 0.102. The normalized spacial score (nSPS) is 10.7. The number of thiophene rings is 2. The summed E-state index contributed by atoms with van der Waals surface area (Å²) in [4.78, 5) is 26.8. The van der Waals surface area contributed by atoms with E-state index in [0.717, 1.165) is 22.7 Å². The van der Waals surface area contributed by atoms with Crippen LogP contribution in [0.2, 0.25) is 0 Å². The average Bonchev–Trinajstić information content (AvgIpc) is 3.47. The summed E-state index contributed by atoms with van der Waals surface area (Å²) in [5.74, 6) is 1.39. The molecule has 2 amide bonds. The van der Waals surface area contributed by atoms with Gasteiger partial charge in [0, 0.05) is 35.6 Å². The lowest BCUT2D eigenvalue weighted by Crippen LogP contribution is -2.13. The molecular weight excluding hydrogens is 560 g/mol. The number of fused-ring (bicyclic) bond motifs is 1. The zero-order valence-corrected chi connectivity index (χ0v) is 24.2. The number of amides is 2. The van der Waals surface area contributed by atoms with Crippen molar-refractivity contribution < 1.29 is 38.0 Å². The monoisotopic (exact) mass is 588 g/mol. The number of rotatable bonds is 10. The number of anilines is 4. The molecule has 0 aliphatic rings. The fraction of sp³-hybridized carbons (Fsp3) is 0.231. The molecule has 2 aromatic heterocycles. The SMILES string of the molecule is COc1cc(NC(=O)c2sc3sc(C(=O)Nc4cc(OC)c(OC)c(OC)c4)c(N)c3c2N)cc(OC)c1OC. The van der Waals surface area contributed by atoms with Gasteiger partial charge in [-0.2, -0.15) is 0 Å². The van der Waals surface area contributed by atoms with Gasteiger partial charge in [-0.15, -0.1) is 22.7 Å². The van der Waals surface area contributed by atoms with E-state index < -0.39 is 11.8 Å². The average molecular weight is 589 g/mol. The number of nitrogens with two attached hydrogens (primary N) is 2. The van der Waals surface area contributed by atoms with E-state index in [2.05, 4.69) is 10.6 Å². The summed E-state index contributed by atoms with van der Waals surface area (Å²) in [7, 11) is 8.89. The highest BCUT2D eigenvalue weighted by Crippen LogP contribution is 2.46. The Morgan fingerprint density at radius 2 is 0.925 bits per heavy atom. The highest BCUT2D eigenvalue weighted by molar-refractivity contribution is 7.40. The first kappa shape index (κ1) is 28.4. The Labute approximate surface area is 237 Å². The van der Waals surface area contributed by atoms with Crippen LogP contribution in [0.15, 0.2) is 24.3 Å². The highest BCUT2D eigenvalue weighted by atomic mass is 32.2. The summed E-state index contributed by atoms with van der Waals surface area (Å²) >= 11 is 2.26. The third-order valence-corrected chi connectivity index (χ3v) is 8.38. The quantitative estimate of drug-likeness (QED) is 0.204. The second kappa shape index (κ2) is 11.7. The molecule has 4 aromatic rings. The number of hydrogen-bond donors (Lipinski definition) is 4. The molecule has 0 spiro atoms. The maximum Gasteiger partial charge on any atom is 0.267 e. The van der Waals surface area contributed by atoms with E-state index in [1.165, 1.54) is 42.7 Å². The van der Waals surface area contributed by atoms with Gasteiger partial charge in [0.05, 0.1) is 63.4 Å². The summed E-state index contributed by atoms with van der Waals surface area (Å²) in [6, 6.07) is 6.41. The van der Waals surface area contributed by atoms with Crippen molar-refractivity contribution in [2.45, 2.75) is 0 Å². The van der Waals surface area contributed by atoms with Crippen LogP contribution in [0.3, 0.4) is 0 Å². The highest BCUT2D eigenvalue weighted by Gasteiger charge is 2.26. The van der Waals surface area contributed by atoms with Crippen LogP contribution in [0.25, 0.3) is 9.40 Å². The summed E-state index contributed by atoms with van der Waals surface area (Å²) < 4.78 is 32.7. The molecule has 40 heavy (non-hydrogen) atoms. The fourth-order valence-corrected chi connectivity index (χ4v) is 6.42. The Hall–Kier alpha value is -4.56. The van der Waals surface area contributed by atoms with Gasteiger partial charge in [-0.05, 0) is 0 Å². The molecule has 14 heteroatoms. The van der Waals surface area contributed by atoms with Crippen molar-refractivity contribution in [3.05, 3.63) is 34.0 Å². The van der Waals surface area contributed by atoms with Crippen LogP contribution in [-0.2, 0) is 0 Å². The molecule has 0 unspecified atom stereocenters. The maximum absolute atomic E-state index is 13.2. The molecule has 6 N–H and O–H groups in total. The van der Waals surface area contributed by atoms with Crippen molar-refractivity contribution in [3.63, 3.8) is 0 Å². The largest absolute Gasteiger partial charge is 0.493 e. The Morgan fingerprint density at radius 1 is 0.600 bits per heavy atom. The van der Waals surface area contributed by atoms with E-state index in [9.17, 15) is 9.59 Å². The van der Waals surface area contributed by atoms with Gasteiger partial charge < -0.3 is 50.5 Å². The number of benzene rings is 2. The number of carbonyl (C=O) groups is 2. The standard InChI is InChI=1S/C26H28N4O8S2/c1-33-13-7-11(8-14(34-2)20(13)37-5)29-24(31)22-18(27)17-19(28)23(40-26(17)39-22)25(32)30-12-9-15(35-3)21(38-6)16(10-12)36-4/h7-10H,27-28H2,1-6H3,(H,29,31)(H,30,32). The number of hydrogen-bond acceptors (Lipinski definition) is 12. The Kier molecular flexibility index (Phi) is 8.30. The molecule has 0 saturated carbocycles. The molecule has 0 radical (unpaired) electrons. The second-order valence-electron chi connectivity index (χ2n) is 8.09. The zero-order valence-electron chi connectivity index (χ0n) is 22.5. The molecule has 0 bridgehead atoms. The van der Waals surface area contributed by atoms with E-state index in [1.54, 1.807) is 24.3 Å². The van der Waals surface area contributed by atoms with Crippen molar-refractivity contribution in [1.29, 1.82) is 0 Å². The van der Waals surface area contributed by atoms with E-state index in [4.69, 9.17) is 39.9 Å². The lowest BCUT2D eigenvalue weighted by atomic mass is 10.2. The third-order valence-electron chi connectivity index (χ3n) is 5.88. The molecule has 0 aliphatic heterocycles. The number of ether oxygens (including phenoxy) is 6. The van der Waals surface area contributed by atoms with Crippen LogP contribution in [0.1, 0.15) is 19.3 Å². The van der Waals surface area contributed by atoms with Gasteiger partial charge in [0.25, 0.3) is 11.8 Å². The predicted octanol–water partition coefficient (Wildman–Crippen LogP) is 4.68. The molecule has 2 heterocycles. The van der Waals surface area contributed by atoms with Gasteiger partial charge in [-0.25, -0.2) is 0 Å². The van der Waals surface area contributed by atoms with Gasteiger partial charge in [0.15, 0.2) is 23.0 Å². The van der Waals surface area contributed by atoms with Crippen LogP contribution in [0.5, 0.6) is 34.5 Å². The van der Waals surface area contributed by atoms with Gasteiger partial charge in [-0.1, -0.05) is 0 Å². The summed E-state index contributed by atoms with van der Waals surface area (Å²) in [5, 5.41) is 6.04. The molecule has 0 atom stereocenters. The van der Waals surface area contributed by atoms with E-state index >= 15 is 0 Å². The van der Waals surface area contributed by atoms with E-state index in [1.807, 2.05) is 0 Å². The Bertz CT molecular complexity index is 1430. The first-order valence-electron chi connectivity index (χ1n) is 11.5. The molecule has 12 nitrogen and oxygen atoms in total. The molecular formula is C26H28N4O8S2. The molecule has 212 valence electrons. The topological polar surface area (TPSA) is 166 Å².